The maximum absolute atomic E-state index is 11.3. The first-order valence-corrected chi connectivity index (χ1v) is 6.22. The van der Waals surface area contributed by atoms with E-state index in [0.29, 0.717) is 18.4 Å². The summed E-state index contributed by atoms with van der Waals surface area (Å²) >= 11 is 0. The smallest absolute Gasteiger partial charge is 0.303 e. The summed E-state index contributed by atoms with van der Waals surface area (Å²) in [6.45, 7) is 5.19. The van der Waals surface area contributed by atoms with Gasteiger partial charge in [-0.3, -0.25) is 4.79 Å². The molecule has 0 saturated carbocycles. The van der Waals surface area contributed by atoms with Gasteiger partial charge in [-0.15, -0.1) is 0 Å². The highest BCUT2D eigenvalue weighted by Gasteiger charge is 2.10. The molecule has 0 aliphatic heterocycles. The molecule has 0 aromatic heterocycles. The van der Waals surface area contributed by atoms with E-state index in [9.17, 15) is 13.2 Å². The number of aliphatic carboxylic acids is 1. The normalized spacial score (nSPS) is 11.2. The summed E-state index contributed by atoms with van der Waals surface area (Å²) in [4.78, 5) is 10.1. The van der Waals surface area contributed by atoms with Crippen molar-refractivity contribution in [3.05, 3.63) is 12.2 Å². The van der Waals surface area contributed by atoms with E-state index < -0.39 is 15.8 Å². The molecule has 0 aromatic carbocycles. The molecule has 82 valence electrons. The lowest BCUT2D eigenvalue weighted by Crippen LogP contribution is -2.12. The van der Waals surface area contributed by atoms with Crippen LogP contribution in [0.25, 0.3) is 0 Å². The van der Waals surface area contributed by atoms with Crippen molar-refractivity contribution in [2.75, 3.05) is 11.5 Å². The fourth-order valence-electron chi connectivity index (χ4n) is 1.05. The minimum Gasteiger partial charge on any atom is -0.481 e. The molecule has 0 amide bonds. The Bertz CT molecular complexity index is 303. The first kappa shape index (κ1) is 13.2. The van der Waals surface area contributed by atoms with Gasteiger partial charge in [0.05, 0.1) is 11.5 Å². The molecule has 0 heterocycles. The Kier molecular flexibility index (Phi) is 5.45. The molecular weight excluding hydrogens is 204 g/mol. The van der Waals surface area contributed by atoms with E-state index in [-0.39, 0.29) is 17.9 Å². The maximum Gasteiger partial charge on any atom is 0.303 e. The van der Waals surface area contributed by atoms with Gasteiger partial charge in [0.2, 0.25) is 0 Å². The Labute approximate surface area is 84.6 Å². The summed E-state index contributed by atoms with van der Waals surface area (Å²) < 4.78 is 22.6. The zero-order valence-corrected chi connectivity index (χ0v) is 9.14. The second kappa shape index (κ2) is 5.80. The molecule has 0 atom stereocenters. The Morgan fingerprint density at radius 2 is 1.93 bits per heavy atom. The van der Waals surface area contributed by atoms with Crippen LogP contribution in [0.5, 0.6) is 0 Å². The highest BCUT2D eigenvalue weighted by Crippen LogP contribution is 2.03. The van der Waals surface area contributed by atoms with Crippen LogP contribution in [0.4, 0.5) is 0 Å². The van der Waals surface area contributed by atoms with E-state index in [0.717, 1.165) is 0 Å². The number of unbranched alkanes of at least 4 members (excludes halogenated alkanes) is 1. The summed E-state index contributed by atoms with van der Waals surface area (Å²) in [6.07, 6.45) is 0.843. The van der Waals surface area contributed by atoms with Gasteiger partial charge >= 0.3 is 5.97 Å². The van der Waals surface area contributed by atoms with Crippen LogP contribution in [0, 0.1) is 0 Å². The second-order valence-corrected chi connectivity index (χ2v) is 5.58. The third-order valence-electron chi connectivity index (χ3n) is 1.56. The van der Waals surface area contributed by atoms with Crippen LogP contribution < -0.4 is 0 Å². The molecule has 0 spiro atoms. The summed E-state index contributed by atoms with van der Waals surface area (Å²) in [6, 6.07) is 0. The average Bonchev–Trinajstić information content (AvgIpc) is 1.95. The topological polar surface area (TPSA) is 71.4 Å². The summed E-state index contributed by atoms with van der Waals surface area (Å²) in [5.74, 6) is -0.838. The molecule has 0 aliphatic carbocycles. The minimum absolute atomic E-state index is 0.0000709. The summed E-state index contributed by atoms with van der Waals surface area (Å²) in [5, 5.41) is 8.32. The van der Waals surface area contributed by atoms with Gasteiger partial charge in [0, 0.05) is 6.42 Å². The molecule has 0 unspecified atom stereocenters. The molecule has 0 aliphatic rings. The zero-order chi connectivity index (χ0) is 11.2. The molecule has 14 heavy (non-hydrogen) atoms. The van der Waals surface area contributed by atoms with Gasteiger partial charge in [-0.2, -0.15) is 0 Å². The van der Waals surface area contributed by atoms with Crippen LogP contribution in [-0.2, 0) is 14.6 Å². The minimum atomic E-state index is -3.07. The van der Waals surface area contributed by atoms with Gasteiger partial charge in [0.15, 0.2) is 9.84 Å². The largest absolute Gasteiger partial charge is 0.481 e. The summed E-state index contributed by atoms with van der Waals surface area (Å²) in [5.41, 5.74) is 0.614. The Morgan fingerprint density at radius 3 is 2.36 bits per heavy atom. The van der Waals surface area contributed by atoms with Crippen LogP contribution in [0.15, 0.2) is 12.2 Å². The Balaban J connectivity index is 3.78. The number of carboxylic acid groups (broad SMARTS) is 1. The molecule has 1 N–H and O–H groups in total. The molecule has 5 heteroatoms. The van der Waals surface area contributed by atoms with Crippen molar-refractivity contribution in [3.63, 3.8) is 0 Å². The van der Waals surface area contributed by atoms with Crippen molar-refractivity contribution >= 4 is 15.8 Å². The van der Waals surface area contributed by atoms with E-state index in [2.05, 4.69) is 6.58 Å². The number of carboxylic acids is 1. The maximum atomic E-state index is 11.3. The fraction of sp³-hybridized carbons (Fsp3) is 0.667. The highest BCUT2D eigenvalue weighted by molar-refractivity contribution is 7.91. The van der Waals surface area contributed by atoms with Crippen molar-refractivity contribution in [2.45, 2.75) is 26.2 Å². The first-order valence-electron chi connectivity index (χ1n) is 4.40. The van der Waals surface area contributed by atoms with Crippen LogP contribution in [0.3, 0.4) is 0 Å². The van der Waals surface area contributed by atoms with Crippen molar-refractivity contribution in [2.24, 2.45) is 0 Å². The lowest BCUT2D eigenvalue weighted by atomic mass is 10.2. The van der Waals surface area contributed by atoms with Crippen LogP contribution >= 0.6 is 0 Å². The van der Waals surface area contributed by atoms with Gasteiger partial charge in [0.25, 0.3) is 0 Å². The lowest BCUT2D eigenvalue weighted by molar-refractivity contribution is -0.137. The van der Waals surface area contributed by atoms with E-state index in [1.807, 2.05) is 0 Å². The highest BCUT2D eigenvalue weighted by atomic mass is 32.2. The molecular formula is C9H16O4S. The van der Waals surface area contributed by atoms with Crippen molar-refractivity contribution in [1.29, 1.82) is 0 Å². The molecule has 0 saturated heterocycles. The van der Waals surface area contributed by atoms with Crippen molar-refractivity contribution in [1.82, 2.24) is 0 Å². The fourth-order valence-corrected chi connectivity index (χ4v) is 2.58. The van der Waals surface area contributed by atoms with Crippen molar-refractivity contribution < 1.29 is 18.3 Å². The van der Waals surface area contributed by atoms with Gasteiger partial charge < -0.3 is 5.11 Å². The van der Waals surface area contributed by atoms with E-state index in [4.69, 9.17) is 5.11 Å². The van der Waals surface area contributed by atoms with Gasteiger partial charge in [-0.1, -0.05) is 12.2 Å². The van der Waals surface area contributed by atoms with Crippen molar-refractivity contribution in [3.8, 4) is 0 Å². The van der Waals surface area contributed by atoms with Gasteiger partial charge in [-0.05, 0) is 19.8 Å². The van der Waals surface area contributed by atoms with E-state index >= 15 is 0 Å². The molecule has 0 fully saturated rings. The van der Waals surface area contributed by atoms with Gasteiger partial charge in [-0.25, -0.2) is 8.42 Å². The third kappa shape index (κ3) is 7.79. The predicted molar refractivity (Wildman–Crippen MR) is 55.0 cm³/mol. The van der Waals surface area contributed by atoms with Crippen LogP contribution in [0.2, 0.25) is 0 Å². The lowest BCUT2D eigenvalue weighted by Gasteiger charge is -2.02. The third-order valence-corrected chi connectivity index (χ3v) is 3.41. The monoisotopic (exact) mass is 220 g/mol. The molecule has 0 radical (unpaired) electrons. The first-order chi connectivity index (χ1) is 6.33. The Hall–Kier alpha value is -0.840. The standard InChI is InChI=1S/C9H16O4S/c1-8(2)7-14(12,13)6-4-3-5-9(10)11/h1,3-7H2,2H3,(H,10,11). The number of hydrogen-bond donors (Lipinski definition) is 1. The predicted octanol–water partition coefficient (Wildman–Crippen LogP) is 1.23. The second-order valence-electron chi connectivity index (χ2n) is 3.40. The van der Waals surface area contributed by atoms with Gasteiger partial charge in [0.1, 0.15) is 0 Å². The number of sulfone groups is 1. The zero-order valence-electron chi connectivity index (χ0n) is 8.32. The summed E-state index contributed by atoms with van der Waals surface area (Å²) in [7, 11) is -3.07. The quantitative estimate of drug-likeness (QED) is 0.517. The number of carbonyl (C=O) groups is 1. The molecule has 0 rings (SSSR count). The molecule has 0 bridgehead atoms. The van der Waals surface area contributed by atoms with Crippen LogP contribution in [-0.4, -0.2) is 31.0 Å². The average molecular weight is 220 g/mol. The number of rotatable bonds is 7. The molecule has 0 aromatic rings. The van der Waals surface area contributed by atoms with Crippen LogP contribution in [0.1, 0.15) is 26.2 Å². The number of hydrogen-bond acceptors (Lipinski definition) is 3. The SMILES string of the molecule is C=C(C)CS(=O)(=O)CCCCC(=O)O. The van der Waals surface area contributed by atoms with E-state index in [1.165, 1.54) is 0 Å². The molecule has 4 nitrogen and oxygen atoms in total. The van der Waals surface area contributed by atoms with E-state index in [1.54, 1.807) is 6.92 Å². The Morgan fingerprint density at radius 1 is 1.36 bits per heavy atom.